The van der Waals surface area contributed by atoms with Gasteiger partial charge in [-0.1, -0.05) is 6.07 Å². The van der Waals surface area contributed by atoms with E-state index in [0.717, 1.165) is 29.4 Å². The van der Waals surface area contributed by atoms with Crippen molar-refractivity contribution in [1.82, 2.24) is 4.98 Å². The molecule has 3 heteroatoms. The highest BCUT2D eigenvalue weighted by atomic mass is 15.1. The lowest BCUT2D eigenvalue weighted by molar-refractivity contribution is 0.0105. The third-order valence-corrected chi connectivity index (χ3v) is 5.44. The van der Waals surface area contributed by atoms with E-state index >= 15 is 0 Å². The molecule has 19 heavy (non-hydrogen) atoms. The third-order valence-electron chi connectivity index (χ3n) is 5.44. The van der Waals surface area contributed by atoms with E-state index in [1.807, 2.05) is 13.1 Å². The average molecular weight is 257 g/mol. The molecule has 0 aromatic carbocycles. The summed E-state index contributed by atoms with van der Waals surface area (Å²) in [6, 6.07) is 6.21. The van der Waals surface area contributed by atoms with Crippen LogP contribution in [-0.4, -0.2) is 17.6 Å². The van der Waals surface area contributed by atoms with Crippen molar-refractivity contribution in [2.45, 2.75) is 44.1 Å². The Balaban J connectivity index is 1.58. The Kier molecular flexibility index (Phi) is 2.51. The maximum atomic E-state index is 4.65. The number of nitrogens with one attached hydrogen (secondary N) is 2. The fourth-order valence-corrected chi connectivity index (χ4v) is 5.18. The van der Waals surface area contributed by atoms with Crippen molar-refractivity contribution in [3.8, 4) is 0 Å². The normalized spacial score (nSPS) is 39.3. The molecule has 102 valence electrons. The standard InChI is InChI=1S/C16H23N3/c1-17-14-3-2-4-15(18-14)19-16-8-11-5-12(9-16)7-13(6-11)10-16/h2-4,11-13H,5-10H2,1H3,(H2,17,18,19). The van der Waals surface area contributed by atoms with Gasteiger partial charge in [0.25, 0.3) is 0 Å². The highest BCUT2D eigenvalue weighted by Crippen LogP contribution is 2.56. The Morgan fingerprint density at radius 2 is 1.58 bits per heavy atom. The molecule has 5 rings (SSSR count). The van der Waals surface area contributed by atoms with Crippen molar-refractivity contribution in [3.63, 3.8) is 0 Å². The first kappa shape index (κ1) is 11.6. The van der Waals surface area contributed by atoms with Crippen molar-refractivity contribution in [3.05, 3.63) is 18.2 Å². The molecule has 4 fully saturated rings. The summed E-state index contributed by atoms with van der Waals surface area (Å²) in [5.41, 5.74) is 0.355. The Morgan fingerprint density at radius 1 is 1.00 bits per heavy atom. The molecule has 1 aromatic rings. The minimum atomic E-state index is 0.355. The van der Waals surface area contributed by atoms with Crippen LogP contribution in [0.15, 0.2) is 18.2 Å². The molecule has 4 saturated carbocycles. The third kappa shape index (κ3) is 1.99. The van der Waals surface area contributed by atoms with Crippen molar-refractivity contribution in [1.29, 1.82) is 0 Å². The fourth-order valence-electron chi connectivity index (χ4n) is 5.18. The Bertz CT molecular complexity index is 447. The van der Waals surface area contributed by atoms with Crippen LogP contribution in [0.1, 0.15) is 38.5 Å². The number of pyridine rings is 1. The molecule has 1 heterocycles. The average Bonchev–Trinajstić information content (AvgIpc) is 2.36. The minimum absolute atomic E-state index is 0.355. The first-order valence-electron chi connectivity index (χ1n) is 7.68. The van der Waals surface area contributed by atoms with Crippen molar-refractivity contribution >= 4 is 11.6 Å². The molecule has 0 saturated heterocycles. The lowest BCUT2D eigenvalue weighted by Gasteiger charge is -2.57. The molecule has 4 aliphatic carbocycles. The van der Waals surface area contributed by atoms with E-state index in [2.05, 4.69) is 27.8 Å². The van der Waals surface area contributed by atoms with Gasteiger partial charge in [-0.2, -0.15) is 0 Å². The zero-order valence-corrected chi connectivity index (χ0v) is 11.7. The molecule has 0 aliphatic heterocycles. The summed E-state index contributed by atoms with van der Waals surface area (Å²) < 4.78 is 0. The molecule has 0 atom stereocenters. The summed E-state index contributed by atoms with van der Waals surface area (Å²) in [6.45, 7) is 0. The van der Waals surface area contributed by atoms with Gasteiger partial charge in [0.2, 0.25) is 0 Å². The number of hydrogen-bond acceptors (Lipinski definition) is 3. The maximum absolute atomic E-state index is 4.65. The van der Waals surface area contributed by atoms with E-state index in [0.29, 0.717) is 5.54 Å². The lowest BCUT2D eigenvalue weighted by atomic mass is 9.53. The molecule has 4 aliphatic rings. The van der Waals surface area contributed by atoms with Crippen LogP contribution >= 0.6 is 0 Å². The van der Waals surface area contributed by atoms with E-state index in [4.69, 9.17) is 0 Å². The number of anilines is 2. The first-order valence-corrected chi connectivity index (χ1v) is 7.68. The van der Waals surface area contributed by atoms with E-state index in [9.17, 15) is 0 Å². The van der Waals surface area contributed by atoms with Crippen molar-refractivity contribution in [2.24, 2.45) is 17.8 Å². The predicted octanol–water partition coefficient (Wildman–Crippen LogP) is 3.50. The van der Waals surface area contributed by atoms with Gasteiger partial charge < -0.3 is 10.6 Å². The van der Waals surface area contributed by atoms with Crippen LogP contribution in [0.25, 0.3) is 0 Å². The van der Waals surface area contributed by atoms with Crippen molar-refractivity contribution in [2.75, 3.05) is 17.7 Å². The quantitative estimate of drug-likeness (QED) is 0.870. The topological polar surface area (TPSA) is 37.0 Å². The maximum Gasteiger partial charge on any atom is 0.128 e. The molecule has 3 nitrogen and oxygen atoms in total. The van der Waals surface area contributed by atoms with Gasteiger partial charge in [-0.15, -0.1) is 0 Å². The first-order chi connectivity index (χ1) is 9.25. The molecule has 1 aromatic heterocycles. The summed E-state index contributed by atoms with van der Waals surface area (Å²) in [5, 5.41) is 6.93. The van der Waals surface area contributed by atoms with E-state index in [1.54, 1.807) is 0 Å². The summed E-state index contributed by atoms with van der Waals surface area (Å²) in [7, 11) is 1.93. The highest BCUT2D eigenvalue weighted by molar-refractivity contribution is 5.46. The monoisotopic (exact) mass is 257 g/mol. The molecular formula is C16H23N3. The lowest BCUT2D eigenvalue weighted by Crippen LogP contribution is -2.54. The van der Waals surface area contributed by atoms with Gasteiger partial charge in [-0.05, 0) is 68.4 Å². The molecule has 0 amide bonds. The Labute approximate surface area is 115 Å². The van der Waals surface area contributed by atoms with E-state index in [-0.39, 0.29) is 0 Å². The van der Waals surface area contributed by atoms with Crippen LogP contribution in [0, 0.1) is 17.8 Å². The summed E-state index contributed by atoms with van der Waals surface area (Å²) in [5.74, 6) is 4.94. The Morgan fingerprint density at radius 3 is 2.16 bits per heavy atom. The van der Waals surface area contributed by atoms with Gasteiger partial charge in [-0.25, -0.2) is 4.98 Å². The van der Waals surface area contributed by atoms with Gasteiger partial charge in [0.1, 0.15) is 11.6 Å². The summed E-state index contributed by atoms with van der Waals surface area (Å²) in [4.78, 5) is 4.65. The molecule has 0 unspecified atom stereocenters. The molecule has 4 bridgehead atoms. The second-order valence-electron chi connectivity index (χ2n) is 6.98. The van der Waals surface area contributed by atoms with Crippen molar-refractivity contribution < 1.29 is 0 Å². The fraction of sp³-hybridized carbons (Fsp3) is 0.688. The van der Waals surface area contributed by atoms with Crippen LogP contribution in [0.4, 0.5) is 11.6 Å². The second kappa shape index (κ2) is 4.12. The van der Waals surface area contributed by atoms with Gasteiger partial charge >= 0.3 is 0 Å². The molecular weight excluding hydrogens is 234 g/mol. The second-order valence-corrected chi connectivity index (χ2v) is 6.98. The number of rotatable bonds is 3. The summed E-state index contributed by atoms with van der Waals surface area (Å²) in [6.07, 6.45) is 8.57. The van der Waals surface area contributed by atoms with Gasteiger partial charge in [0.15, 0.2) is 0 Å². The summed E-state index contributed by atoms with van der Waals surface area (Å²) >= 11 is 0. The molecule has 0 radical (unpaired) electrons. The zero-order chi connectivity index (χ0) is 12.9. The molecule has 2 N–H and O–H groups in total. The smallest absolute Gasteiger partial charge is 0.128 e. The van der Waals surface area contributed by atoms with E-state index < -0.39 is 0 Å². The van der Waals surface area contributed by atoms with Crippen LogP contribution in [0.5, 0.6) is 0 Å². The van der Waals surface area contributed by atoms with Crippen LogP contribution < -0.4 is 10.6 Å². The van der Waals surface area contributed by atoms with Crippen LogP contribution in [0.3, 0.4) is 0 Å². The number of hydrogen-bond donors (Lipinski definition) is 2. The van der Waals surface area contributed by atoms with Crippen LogP contribution in [0.2, 0.25) is 0 Å². The SMILES string of the molecule is CNc1cccc(NC23CC4CC(CC(C4)C2)C3)n1. The van der Waals surface area contributed by atoms with Gasteiger partial charge in [0, 0.05) is 12.6 Å². The highest BCUT2D eigenvalue weighted by Gasteiger charge is 2.50. The van der Waals surface area contributed by atoms with Crippen LogP contribution in [-0.2, 0) is 0 Å². The zero-order valence-electron chi connectivity index (χ0n) is 11.7. The minimum Gasteiger partial charge on any atom is -0.373 e. The van der Waals surface area contributed by atoms with E-state index in [1.165, 1.54) is 38.5 Å². The number of aromatic nitrogens is 1. The number of nitrogens with zero attached hydrogens (tertiary/aromatic N) is 1. The molecule has 0 spiro atoms. The predicted molar refractivity (Wildman–Crippen MR) is 78.3 cm³/mol. The van der Waals surface area contributed by atoms with Gasteiger partial charge in [-0.3, -0.25) is 0 Å². The Hall–Kier alpha value is -1.25. The largest absolute Gasteiger partial charge is 0.373 e. The van der Waals surface area contributed by atoms with Gasteiger partial charge in [0.05, 0.1) is 0 Å².